The van der Waals surface area contributed by atoms with Gasteiger partial charge < -0.3 is 5.11 Å². The summed E-state index contributed by atoms with van der Waals surface area (Å²) in [7, 11) is 0. The third-order valence-corrected chi connectivity index (χ3v) is 5.23. The highest BCUT2D eigenvalue weighted by Crippen LogP contribution is 2.26. The minimum atomic E-state index is -0.686. The zero-order valence-corrected chi connectivity index (χ0v) is 14.4. The second-order valence-corrected chi connectivity index (χ2v) is 6.63. The van der Waals surface area contributed by atoms with E-state index in [1.54, 1.807) is 0 Å². The fraction of sp³-hybridized carbons (Fsp3) is 0.733. The molecule has 1 aliphatic rings. The van der Waals surface area contributed by atoms with Crippen molar-refractivity contribution in [2.24, 2.45) is 5.92 Å². The quantitative estimate of drug-likeness (QED) is 0.849. The van der Waals surface area contributed by atoms with Gasteiger partial charge >= 0.3 is 5.97 Å². The third-order valence-electron chi connectivity index (χ3n) is 4.20. The predicted octanol–water partition coefficient (Wildman–Crippen LogP) is 3.05. The van der Waals surface area contributed by atoms with Gasteiger partial charge in [0, 0.05) is 26.1 Å². The van der Waals surface area contributed by atoms with E-state index in [-0.39, 0.29) is 6.42 Å². The minimum Gasteiger partial charge on any atom is -0.481 e. The Bertz CT molecular complexity index is 501. The third kappa shape index (κ3) is 4.30. The van der Waals surface area contributed by atoms with Gasteiger partial charge in [0.1, 0.15) is 0 Å². The number of aliphatic carboxylic acids is 1. The van der Waals surface area contributed by atoms with E-state index < -0.39 is 5.97 Å². The lowest BCUT2D eigenvalue weighted by molar-refractivity contribution is -0.137. The lowest BCUT2D eigenvalue weighted by Gasteiger charge is -2.32. The van der Waals surface area contributed by atoms with Crippen LogP contribution in [0.3, 0.4) is 0 Å². The number of carboxylic acid groups (broad SMARTS) is 1. The Kier molecular flexibility index (Phi) is 5.81. The normalized spacial score (nSPS) is 19.9. The molecule has 0 saturated carbocycles. The lowest BCUT2D eigenvalue weighted by atomic mass is 9.93. The van der Waals surface area contributed by atoms with E-state index in [0.29, 0.717) is 5.92 Å². The van der Waals surface area contributed by atoms with E-state index in [1.807, 2.05) is 6.92 Å². The number of halogens is 1. The summed E-state index contributed by atoms with van der Waals surface area (Å²) in [5.41, 5.74) is 2.26. The van der Waals surface area contributed by atoms with Crippen LogP contribution in [-0.4, -0.2) is 38.8 Å². The summed E-state index contributed by atoms with van der Waals surface area (Å²) in [6, 6.07) is 0. The molecule has 0 amide bonds. The molecule has 1 aliphatic heterocycles. The summed E-state index contributed by atoms with van der Waals surface area (Å²) in [4.78, 5) is 13.1. The maximum atomic E-state index is 10.7. The zero-order chi connectivity index (χ0) is 15.4. The molecular weight excluding hydrogens is 334 g/mol. The summed E-state index contributed by atoms with van der Waals surface area (Å²) >= 11 is 3.65. The molecule has 5 nitrogen and oxygen atoms in total. The summed E-state index contributed by atoms with van der Waals surface area (Å²) in [6.07, 6.45) is 3.38. The van der Waals surface area contributed by atoms with Gasteiger partial charge in [0.15, 0.2) is 0 Å². The number of rotatable bonds is 6. The standard InChI is InChI=1S/C15H24BrN3O2/c1-3-19-13(15(16)11(2)17-19)10-18-8-4-5-12(9-18)6-7-14(20)21/h12H,3-10H2,1-2H3,(H,20,21). The van der Waals surface area contributed by atoms with Crippen LogP contribution in [0.15, 0.2) is 4.47 Å². The van der Waals surface area contributed by atoms with E-state index >= 15 is 0 Å². The van der Waals surface area contributed by atoms with Crippen molar-refractivity contribution in [3.63, 3.8) is 0 Å². The summed E-state index contributed by atoms with van der Waals surface area (Å²) in [6.45, 7) is 7.97. The smallest absolute Gasteiger partial charge is 0.303 e. The first-order chi connectivity index (χ1) is 10.0. The highest BCUT2D eigenvalue weighted by atomic mass is 79.9. The SMILES string of the molecule is CCn1nc(C)c(Br)c1CN1CCCC(CCC(=O)O)C1. The van der Waals surface area contributed by atoms with Crippen LogP contribution in [0.4, 0.5) is 0 Å². The summed E-state index contributed by atoms with van der Waals surface area (Å²) < 4.78 is 3.16. The van der Waals surface area contributed by atoms with Crippen molar-refractivity contribution in [2.45, 2.75) is 52.6 Å². The Morgan fingerprint density at radius 1 is 1.52 bits per heavy atom. The van der Waals surface area contributed by atoms with Crippen molar-refractivity contribution in [3.8, 4) is 0 Å². The van der Waals surface area contributed by atoms with Crippen LogP contribution in [0.2, 0.25) is 0 Å². The minimum absolute atomic E-state index is 0.286. The molecule has 1 aromatic heterocycles. The molecule has 1 aromatic rings. The Balaban J connectivity index is 1.98. The number of hydrogen-bond acceptors (Lipinski definition) is 3. The van der Waals surface area contributed by atoms with Gasteiger partial charge in [-0.2, -0.15) is 5.10 Å². The molecule has 2 rings (SSSR count). The van der Waals surface area contributed by atoms with Crippen molar-refractivity contribution in [2.75, 3.05) is 13.1 Å². The Morgan fingerprint density at radius 2 is 2.29 bits per heavy atom. The molecule has 1 saturated heterocycles. The van der Waals surface area contributed by atoms with Crippen LogP contribution in [0.5, 0.6) is 0 Å². The van der Waals surface area contributed by atoms with E-state index in [1.165, 1.54) is 5.69 Å². The second-order valence-electron chi connectivity index (χ2n) is 5.84. The van der Waals surface area contributed by atoms with Crippen molar-refractivity contribution in [1.29, 1.82) is 0 Å². The summed E-state index contributed by atoms with van der Waals surface area (Å²) in [5, 5.41) is 13.4. The number of piperidine rings is 1. The molecule has 0 aromatic carbocycles. The molecule has 21 heavy (non-hydrogen) atoms. The molecule has 0 radical (unpaired) electrons. The lowest BCUT2D eigenvalue weighted by Crippen LogP contribution is -2.35. The fourth-order valence-electron chi connectivity index (χ4n) is 3.09. The number of carbonyl (C=O) groups is 1. The van der Waals surface area contributed by atoms with Crippen molar-refractivity contribution in [3.05, 3.63) is 15.9 Å². The van der Waals surface area contributed by atoms with Crippen molar-refractivity contribution >= 4 is 21.9 Å². The van der Waals surface area contributed by atoms with Gasteiger partial charge in [0.05, 0.1) is 15.9 Å². The molecule has 118 valence electrons. The number of nitrogens with zero attached hydrogens (tertiary/aromatic N) is 3. The zero-order valence-electron chi connectivity index (χ0n) is 12.8. The van der Waals surface area contributed by atoms with Gasteiger partial charge in [0.25, 0.3) is 0 Å². The Hall–Kier alpha value is -0.880. The van der Waals surface area contributed by atoms with Gasteiger partial charge in [-0.15, -0.1) is 0 Å². The number of carboxylic acids is 1. The predicted molar refractivity (Wildman–Crippen MR) is 85.2 cm³/mol. The summed E-state index contributed by atoms with van der Waals surface area (Å²) in [5.74, 6) is -0.178. The molecule has 2 heterocycles. The molecule has 1 atom stereocenters. The molecule has 0 bridgehead atoms. The van der Waals surface area contributed by atoms with E-state index in [4.69, 9.17) is 5.11 Å². The van der Waals surface area contributed by atoms with Crippen LogP contribution in [0.1, 0.15) is 44.0 Å². The van der Waals surface area contributed by atoms with Gasteiger partial charge in [-0.3, -0.25) is 14.4 Å². The highest BCUT2D eigenvalue weighted by molar-refractivity contribution is 9.10. The van der Waals surface area contributed by atoms with Crippen LogP contribution in [0, 0.1) is 12.8 Å². The van der Waals surface area contributed by atoms with Crippen LogP contribution in [-0.2, 0) is 17.9 Å². The molecule has 1 fully saturated rings. The van der Waals surface area contributed by atoms with Gasteiger partial charge in [0.2, 0.25) is 0 Å². The number of likely N-dealkylation sites (tertiary alicyclic amines) is 1. The number of hydrogen-bond donors (Lipinski definition) is 1. The van der Waals surface area contributed by atoms with E-state index in [9.17, 15) is 4.79 Å². The first kappa shape index (κ1) is 16.5. The number of aryl methyl sites for hydroxylation is 2. The van der Waals surface area contributed by atoms with Crippen molar-refractivity contribution < 1.29 is 9.90 Å². The average Bonchev–Trinajstić information content (AvgIpc) is 2.73. The Morgan fingerprint density at radius 3 is 2.95 bits per heavy atom. The van der Waals surface area contributed by atoms with Gasteiger partial charge in [-0.25, -0.2) is 0 Å². The second kappa shape index (κ2) is 7.40. The van der Waals surface area contributed by atoms with E-state index in [2.05, 4.69) is 37.5 Å². The first-order valence-corrected chi connectivity index (χ1v) is 8.46. The first-order valence-electron chi connectivity index (χ1n) is 7.67. The molecule has 1 N–H and O–H groups in total. The van der Waals surface area contributed by atoms with E-state index in [0.717, 1.165) is 55.6 Å². The largest absolute Gasteiger partial charge is 0.481 e. The fourth-order valence-corrected chi connectivity index (χ4v) is 3.50. The topological polar surface area (TPSA) is 58.4 Å². The highest BCUT2D eigenvalue weighted by Gasteiger charge is 2.23. The van der Waals surface area contributed by atoms with Gasteiger partial charge in [-0.05, 0) is 61.5 Å². The average molecular weight is 358 g/mol. The van der Waals surface area contributed by atoms with Crippen LogP contribution in [0.25, 0.3) is 0 Å². The molecule has 0 spiro atoms. The van der Waals surface area contributed by atoms with Crippen LogP contribution < -0.4 is 0 Å². The maximum Gasteiger partial charge on any atom is 0.303 e. The molecule has 6 heteroatoms. The molecule has 0 aliphatic carbocycles. The Labute approximate surface area is 134 Å². The molecular formula is C15H24BrN3O2. The molecule has 1 unspecified atom stereocenters. The number of aromatic nitrogens is 2. The monoisotopic (exact) mass is 357 g/mol. The maximum absolute atomic E-state index is 10.7. The van der Waals surface area contributed by atoms with Crippen LogP contribution >= 0.6 is 15.9 Å². The van der Waals surface area contributed by atoms with Crippen molar-refractivity contribution in [1.82, 2.24) is 14.7 Å². The van der Waals surface area contributed by atoms with Gasteiger partial charge in [-0.1, -0.05) is 0 Å².